The summed E-state index contributed by atoms with van der Waals surface area (Å²) in [6, 6.07) is 6.26. The van der Waals surface area contributed by atoms with E-state index in [9.17, 15) is 13.2 Å². The molecule has 1 heterocycles. The van der Waals surface area contributed by atoms with Crippen LogP contribution in [0.5, 0.6) is 0 Å². The van der Waals surface area contributed by atoms with Crippen molar-refractivity contribution in [1.82, 2.24) is 9.42 Å². The van der Waals surface area contributed by atoms with Gasteiger partial charge in [0.15, 0.2) is 0 Å². The van der Waals surface area contributed by atoms with Gasteiger partial charge in [-0.05, 0) is 44.0 Å². The lowest BCUT2D eigenvalue weighted by atomic mass is 10.3. The average Bonchev–Trinajstić information content (AvgIpc) is 2.93. The molecule has 0 radical (unpaired) electrons. The van der Waals surface area contributed by atoms with Gasteiger partial charge in [-0.15, -0.1) is 4.41 Å². The zero-order valence-electron chi connectivity index (χ0n) is 12.4. The van der Waals surface area contributed by atoms with Crippen molar-refractivity contribution in [3.05, 3.63) is 24.3 Å². The zero-order valence-corrected chi connectivity index (χ0v) is 13.2. The van der Waals surface area contributed by atoms with Gasteiger partial charge in [-0.1, -0.05) is 0 Å². The van der Waals surface area contributed by atoms with Crippen LogP contribution in [-0.4, -0.2) is 43.4 Å². The molecule has 1 aromatic rings. The summed E-state index contributed by atoms with van der Waals surface area (Å²) in [5.41, 5.74) is 0.589. The minimum Gasteiger partial charge on any atom is -0.326 e. The van der Waals surface area contributed by atoms with Gasteiger partial charge in [0.05, 0.1) is 4.90 Å². The standard InChI is InChI=1S/C14H21N3O3S/c1-3-17(16-10-4-5-11-16)21(19,20)14-8-6-13(7-9-14)15-12(2)18/h6-9H,3-5,10-11H2,1-2H3,(H,15,18). The monoisotopic (exact) mass is 311 g/mol. The molecule has 1 fully saturated rings. The Morgan fingerprint density at radius 3 is 2.29 bits per heavy atom. The van der Waals surface area contributed by atoms with Crippen LogP contribution in [0.2, 0.25) is 0 Å². The molecule has 0 aliphatic carbocycles. The number of benzene rings is 1. The summed E-state index contributed by atoms with van der Waals surface area (Å²) in [5, 5.41) is 4.51. The van der Waals surface area contributed by atoms with Crippen LogP contribution in [-0.2, 0) is 14.8 Å². The maximum Gasteiger partial charge on any atom is 0.255 e. The predicted octanol–water partition coefficient (Wildman–Crippen LogP) is 1.67. The molecule has 0 atom stereocenters. The third-order valence-electron chi connectivity index (χ3n) is 3.42. The van der Waals surface area contributed by atoms with E-state index < -0.39 is 10.0 Å². The van der Waals surface area contributed by atoms with Gasteiger partial charge in [-0.25, -0.2) is 13.4 Å². The van der Waals surface area contributed by atoms with Crippen LogP contribution in [0.3, 0.4) is 0 Å². The summed E-state index contributed by atoms with van der Waals surface area (Å²) < 4.78 is 26.8. The van der Waals surface area contributed by atoms with E-state index in [1.807, 2.05) is 11.9 Å². The number of carbonyl (C=O) groups excluding carboxylic acids is 1. The Kier molecular flexibility index (Phi) is 4.97. The van der Waals surface area contributed by atoms with Gasteiger partial charge in [0, 0.05) is 32.2 Å². The number of nitrogens with one attached hydrogen (secondary N) is 1. The van der Waals surface area contributed by atoms with Gasteiger partial charge >= 0.3 is 0 Å². The molecule has 0 bridgehead atoms. The van der Waals surface area contributed by atoms with Crippen LogP contribution in [0.1, 0.15) is 26.7 Å². The maximum atomic E-state index is 12.7. The van der Waals surface area contributed by atoms with E-state index >= 15 is 0 Å². The largest absolute Gasteiger partial charge is 0.326 e. The summed E-state index contributed by atoms with van der Waals surface area (Å²) in [4.78, 5) is 11.2. The number of anilines is 1. The summed E-state index contributed by atoms with van der Waals surface area (Å²) in [6.45, 7) is 5.21. The van der Waals surface area contributed by atoms with Gasteiger partial charge in [0.2, 0.25) is 5.91 Å². The van der Waals surface area contributed by atoms with Crippen molar-refractivity contribution < 1.29 is 13.2 Å². The van der Waals surface area contributed by atoms with Crippen LogP contribution >= 0.6 is 0 Å². The SMILES string of the molecule is CCN(N1CCCC1)S(=O)(=O)c1ccc(NC(C)=O)cc1. The molecule has 1 aliphatic rings. The molecule has 0 saturated carbocycles. The predicted molar refractivity (Wildman–Crippen MR) is 81.1 cm³/mol. The van der Waals surface area contributed by atoms with Gasteiger partial charge < -0.3 is 5.32 Å². The van der Waals surface area contributed by atoms with Gasteiger partial charge in [-0.2, -0.15) is 0 Å². The number of nitrogens with zero attached hydrogens (tertiary/aromatic N) is 2. The zero-order chi connectivity index (χ0) is 15.5. The Labute approximate surface area is 125 Å². The lowest BCUT2D eigenvalue weighted by Crippen LogP contribution is -2.44. The average molecular weight is 311 g/mol. The molecule has 1 saturated heterocycles. The van der Waals surface area contributed by atoms with Crippen LogP contribution in [0.15, 0.2) is 29.2 Å². The third kappa shape index (κ3) is 3.61. The number of rotatable bonds is 5. The van der Waals surface area contributed by atoms with E-state index in [2.05, 4.69) is 5.32 Å². The molecular weight excluding hydrogens is 290 g/mol. The molecule has 21 heavy (non-hydrogen) atoms. The first-order valence-electron chi connectivity index (χ1n) is 7.10. The number of hydrazine groups is 1. The summed E-state index contributed by atoms with van der Waals surface area (Å²) >= 11 is 0. The number of carbonyl (C=O) groups is 1. The topological polar surface area (TPSA) is 69.7 Å². The van der Waals surface area contributed by atoms with Gasteiger partial charge in [0.25, 0.3) is 10.0 Å². The number of amides is 1. The lowest BCUT2D eigenvalue weighted by molar-refractivity contribution is -0.114. The Hall–Kier alpha value is -1.44. The van der Waals surface area contributed by atoms with Crippen molar-refractivity contribution in [3.8, 4) is 0 Å². The first kappa shape index (κ1) is 15.9. The van der Waals surface area contributed by atoms with Crippen LogP contribution in [0.4, 0.5) is 5.69 Å². The molecule has 1 aromatic carbocycles. The fourth-order valence-corrected chi connectivity index (χ4v) is 4.01. The van der Waals surface area contributed by atoms with E-state index in [0.29, 0.717) is 12.2 Å². The molecule has 7 heteroatoms. The molecule has 6 nitrogen and oxygen atoms in total. The van der Waals surface area contributed by atoms with Gasteiger partial charge in [0.1, 0.15) is 0 Å². The normalized spacial score (nSPS) is 16.3. The van der Waals surface area contributed by atoms with Gasteiger partial charge in [-0.3, -0.25) is 4.79 Å². The molecule has 1 aliphatic heterocycles. The Morgan fingerprint density at radius 1 is 1.24 bits per heavy atom. The van der Waals surface area contributed by atoms with Crippen molar-refractivity contribution in [2.45, 2.75) is 31.6 Å². The molecule has 116 valence electrons. The lowest BCUT2D eigenvalue weighted by Gasteiger charge is -2.29. The summed E-state index contributed by atoms with van der Waals surface area (Å²) in [7, 11) is -3.53. The highest BCUT2D eigenvalue weighted by molar-refractivity contribution is 7.89. The van der Waals surface area contributed by atoms with E-state index in [1.54, 1.807) is 12.1 Å². The van der Waals surface area contributed by atoms with Crippen LogP contribution < -0.4 is 5.32 Å². The fourth-order valence-electron chi connectivity index (χ4n) is 2.48. The molecule has 0 aromatic heterocycles. The van der Waals surface area contributed by atoms with Crippen molar-refractivity contribution in [1.29, 1.82) is 0 Å². The highest BCUT2D eigenvalue weighted by Gasteiger charge is 2.30. The second-order valence-corrected chi connectivity index (χ2v) is 6.85. The molecule has 0 spiro atoms. The molecular formula is C14H21N3O3S. The van der Waals surface area contributed by atoms with Crippen molar-refractivity contribution in [2.75, 3.05) is 25.0 Å². The van der Waals surface area contributed by atoms with Crippen LogP contribution in [0, 0.1) is 0 Å². The smallest absolute Gasteiger partial charge is 0.255 e. The molecule has 0 unspecified atom stereocenters. The fraction of sp³-hybridized carbons (Fsp3) is 0.500. The molecule has 2 rings (SSSR count). The first-order chi connectivity index (χ1) is 9.95. The second kappa shape index (κ2) is 6.55. The highest BCUT2D eigenvalue weighted by atomic mass is 32.2. The van der Waals surface area contributed by atoms with E-state index in [4.69, 9.17) is 0 Å². The molecule has 1 N–H and O–H groups in total. The Morgan fingerprint density at radius 2 is 1.81 bits per heavy atom. The Bertz CT molecular complexity index is 592. The summed E-state index contributed by atoms with van der Waals surface area (Å²) in [5.74, 6) is -0.183. The van der Waals surface area contributed by atoms with Crippen molar-refractivity contribution in [3.63, 3.8) is 0 Å². The summed E-state index contributed by atoms with van der Waals surface area (Å²) in [6.07, 6.45) is 2.04. The van der Waals surface area contributed by atoms with E-state index in [1.165, 1.54) is 23.5 Å². The number of hydrogen-bond donors (Lipinski definition) is 1. The van der Waals surface area contributed by atoms with Crippen molar-refractivity contribution >= 4 is 21.6 Å². The Balaban J connectivity index is 2.23. The quantitative estimate of drug-likeness (QED) is 0.898. The third-order valence-corrected chi connectivity index (χ3v) is 5.33. The first-order valence-corrected chi connectivity index (χ1v) is 8.54. The minimum absolute atomic E-state index is 0.183. The maximum absolute atomic E-state index is 12.7. The highest BCUT2D eigenvalue weighted by Crippen LogP contribution is 2.22. The van der Waals surface area contributed by atoms with Crippen LogP contribution in [0.25, 0.3) is 0 Å². The molecule has 1 amide bonds. The number of hydrogen-bond acceptors (Lipinski definition) is 4. The number of sulfonamides is 1. The second-order valence-electron chi connectivity index (χ2n) is 5.01. The van der Waals surface area contributed by atoms with E-state index in [-0.39, 0.29) is 10.8 Å². The van der Waals surface area contributed by atoms with Crippen molar-refractivity contribution in [2.24, 2.45) is 0 Å². The minimum atomic E-state index is -3.53. The van der Waals surface area contributed by atoms with E-state index in [0.717, 1.165) is 25.9 Å².